The Morgan fingerprint density at radius 1 is 1.56 bits per heavy atom. The maximum atomic E-state index is 13.2. The minimum absolute atomic E-state index is 0.000827. The van der Waals surface area contributed by atoms with Gasteiger partial charge in [0.15, 0.2) is 0 Å². The molecule has 7 heteroatoms. The summed E-state index contributed by atoms with van der Waals surface area (Å²) in [5.41, 5.74) is 6.82. The van der Waals surface area contributed by atoms with Crippen molar-refractivity contribution < 1.29 is 9.18 Å². The van der Waals surface area contributed by atoms with E-state index in [2.05, 4.69) is 9.69 Å². The normalized spacial score (nSPS) is 10.4. The molecule has 0 aliphatic rings. The SMILES string of the molecule is Cc1nsc(N)c1C(=O)Nc1ccc(Cl)c(F)c1. The van der Waals surface area contributed by atoms with Crippen molar-refractivity contribution in [3.8, 4) is 0 Å². The number of rotatable bonds is 2. The molecule has 0 spiro atoms. The van der Waals surface area contributed by atoms with Crippen LogP contribution in [0.25, 0.3) is 0 Å². The van der Waals surface area contributed by atoms with E-state index in [0.29, 0.717) is 21.9 Å². The highest BCUT2D eigenvalue weighted by atomic mass is 35.5. The fourth-order valence-corrected chi connectivity index (χ4v) is 2.21. The highest BCUT2D eigenvalue weighted by Crippen LogP contribution is 2.23. The highest BCUT2D eigenvalue weighted by Gasteiger charge is 2.16. The molecule has 1 amide bonds. The topological polar surface area (TPSA) is 68.0 Å². The minimum atomic E-state index is -0.595. The summed E-state index contributed by atoms with van der Waals surface area (Å²) in [5, 5.41) is 2.88. The molecule has 2 aromatic rings. The molecule has 94 valence electrons. The van der Waals surface area contributed by atoms with Crippen LogP contribution in [0.1, 0.15) is 16.1 Å². The van der Waals surface area contributed by atoms with E-state index < -0.39 is 11.7 Å². The zero-order valence-electron chi connectivity index (χ0n) is 9.33. The zero-order chi connectivity index (χ0) is 13.3. The first kappa shape index (κ1) is 12.8. The Morgan fingerprint density at radius 2 is 2.28 bits per heavy atom. The summed E-state index contributed by atoms with van der Waals surface area (Å²) in [6, 6.07) is 4.02. The number of nitrogen functional groups attached to an aromatic ring is 1. The average Bonchev–Trinajstić information content (AvgIpc) is 2.64. The van der Waals surface area contributed by atoms with Crippen molar-refractivity contribution in [3.05, 3.63) is 40.3 Å². The number of hydrogen-bond acceptors (Lipinski definition) is 4. The van der Waals surface area contributed by atoms with Gasteiger partial charge in [-0.25, -0.2) is 4.39 Å². The third kappa shape index (κ3) is 2.44. The van der Waals surface area contributed by atoms with Crippen molar-refractivity contribution in [1.82, 2.24) is 4.37 Å². The molecule has 0 radical (unpaired) electrons. The first-order chi connectivity index (χ1) is 8.49. The number of anilines is 2. The van der Waals surface area contributed by atoms with E-state index in [0.717, 1.165) is 17.6 Å². The van der Waals surface area contributed by atoms with Crippen LogP contribution < -0.4 is 11.1 Å². The molecule has 0 unspecified atom stereocenters. The first-order valence-corrected chi connectivity index (χ1v) is 6.12. The smallest absolute Gasteiger partial charge is 0.260 e. The summed E-state index contributed by atoms with van der Waals surface area (Å²) < 4.78 is 17.2. The van der Waals surface area contributed by atoms with Gasteiger partial charge in [-0.2, -0.15) is 4.37 Å². The van der Waals surface area contributed by atoms with Crippen LogP contribution in [0.4, 0.5) is 15.1 Å². The number of nitrogens with one attached hydrogen (secondary N) is 1. The van der Waals surface area contributed by atoms with E-state index in [9.17, 15) is 9.18 Å². The van der Waals surface area contributed by atoms with Gasteiger partial charge >= 0.3 is 0 Å². The second kappa shape index (κ2) is 4.91. The van der Waals surface area contributed by atoms with Crippen molar-refractivity contribution >= 4 is 39.7 Å². The number of hydrogen-bond donors (Lipinski definition) is 2. The molecule has 0 saturated heterocycles. The number of carbonyl (C=O) groups excluding carboxylic acids is 1. The van der Waals surface area contributed by atoms with Gasteiger partial charge in [-0.05, 0) is 36.7 Å². The molecular weight excluding hydrogens is 277 g/mol. The van der Waals surface area contributed by atoms with Gasteiger partial charge in [-0.1, -0.05) is 11.6 Å². The molecule has 0 saturated carbocycles. The molecule has 1 aromatic heterocycles. The predicted octanol–water partition coefficient (Wildman–Crippen LogP) is 3.08. The average molecular weight is 286 g/mol. The van der Waals surface area contributed by atoms with Crippen LogP contribution >= 0.6 is 23.1 Å². The maximum Gasteiger partial charge on any atom is 0.260 e. The Kier molecular flexibility index (Phi) is 3.49. The van der Waals surface area contributed by atoms with Gasteiger partial charge in [-0.3, -0.25) is 4.79 Å². The van der Waals surface area contributed by atoms with E-state index in [1.165, 1.54) is 12.1 Å². The van der Waals surface area contributed by atoms with Gasteiger partial charge in [0.1, 0.15) is 10.8 Å². The summed E-state index contributed by atoms with van der Waals surface area (Å²) in [6.07, 6.45) is 0. The van der Waals surface area contributed by atoms with E-state index >= 15 is 0 Å². The van der Waals surface area contributed by atoms with Crippen LogP contribution in [-0.4, -0.2) is 10.3 Å². The van der Waals surface area contributed by atoms with Crippen LogP contribution in [0.5, 0.6) is 0 Å². The molecule has 18 heavy (non-hydrogen) atoms. The summed E-state index contributed by atoms with van der Waals surface area (Å²) in [7, 11) is 0. The fraction of sp³-hybridized carbons (Fsp3) is 0.0909. The Bertz CT molecular complexity index is 595. The summed E-state index contributed by atoms with van der Waals surface area (Å²) in [6.45, 7) is 1.68. The second-order valence-electron chi connectivity index (χ2n) is 3.59. The van der Waals surface area contributed by atoms with Gasteiger partial charge < -0.3 is 11.1 Å². The van der Waals surface area contributed by atoms with Crippen molar-refractivity contribution in [2.24, 2.45) is 0 Å². The van der Waals surface area contributed by atoms with Crippen LogP contribution in [0.15, 0.2) is 18.2 Å². The van der Waals surface area contributed by atoms with E-state index in [1.54, 1.807) is 6.92 Å². The molecule has 4 nitrogen and oxygen atoms in total. The third-order valence-electron chi connectivity index (χ3n) is 2.29. The number of aromatic nitrogens is 1. The largest absolute Gasteiger partial charge is 0.389 e. The van der Waals surface area contributed by atoms with E-state index in [-0.39, 0.29) is 5.02 Å². The molecule has 3 N–H and O–H groups in total. The molecular formula is C11H9ClFN3OS. The first-order valence-electron chi connectivity index (χ1n) is 4.97. The number of nitrogens with two attached hydrogens (primary N) is 1. The van der Waals surface area contributed by atoms with Crippen LogP contribution in [0, 0.1) is 12.7 Å². The van der Waals surface area contributed by atoms with Crippen LogP contribution in [-0.2, 0) is 0 Å². The molecule has 1 aromatic carbocycles. The fourth-order valence-electron chi connectivity index (χ4n) is 1.43. The van der Waals surface area contributed by atoms with Gasteiger partial charge in [0.2, 0.25) is 0 Å². The Labute approximate surface area is 112 Å². The van der Waals surface area contributed by atoms with Gasteiger partial charge in [0, 0.05) is 5.69 Å². The van der Waals surface area contributed by atoms with Gasteiger partial charge in [-0.15, -0.1) is 0 Å². The maximum absolute atomic E-state index is 13.2. The summed E-state index contributed by atoms with van der Waals surface area (Å²) in [5.74, 6) is -1.01. The Balaban J connectivity index is 2.24. The molecule has 0 aliphatic carbocycles. The lowest BCUT2D eigenvalue weighted by Crippen LogP contribution is -2.14. The van der Waals surface area contributed by atoms with Crippen LogP contribution in [0.2, 0.25) is 5.02 Å². The second-order valence-corrected chi connectivity index (χ2v) is 4.80. The number of halogens is 2. The highest BCUT2D eigenvalue weighted by molar-refractivity contribution is 7.10. The molecule has 0 atom stereocenters. The standard InChI is InChI=1S/C11H9ClFN3OS/c1-5-9(10(14)18-16-5)11(17)15-6-2-3-7(12)8(13)4-6/h2-4H,14H2,1H3,(H,15,17). The van der Waals surface area contributed by atoms with Crippen molar-refractivity contribution in [2.45, 2.75) is 6.92 Å². The molecule has 1 heterocycles. The van der Waals surface area contributed by atoms with Gasteiger partial charge in [0.05, 0.1) is 16.3 Å². The molecule has 0 aliphatic heterocycles. The number of benzene rings is 1. The summed E-state index contributed by atoms with van der Waals surface area (Å²) in [4.78, 5) is 11.9. The lowest BCUT2D eigenvalue weighted by atomic mass is 10.2. The monoisotopic (exact) mass is 285 g/mol. The number of amides is 1. The Hall–Kier alpha value is -1.66. The van der Waals surface area contributed by atoms with Crippen molar-refractivity contribution in [2.75, 3.05) is 11.1 Å². The number of carbonyl (C=O) groups is 1. The lowest BCUT2D eigenvalue weighted by molar-refractivity contribution is 0.102. The van der Waals surface area contributed by atoms with Crippen molar-refractivity contribution in [1.29, 1.82) is 0 Å². The minimum Gasteiger partial charge on any atom is -0.389 e. The van der Waals surface area contributed by atoms with E-state index in [1.807, 2.05) is 0 Å². The van der Waals surface area contributed by atoms with Crippen molar-refractivity contribution in [3.63, 3.8) is 0 Å². The quantitative estimate of drug-likeness (QED) is 0.891. The molecule has 2 rings (SSSR count). The van der Waals surface area contributed by atoms with E-state index in [4.69, 9.17) is 17.3 Å². The number of aryl methyl sites for hydroxylation is 1. The molecule has 0 fully saturated rings. The lowest BCUT2D eigenvalue weighted by Gasteiger charge is -2.05. The predicted molar refractivity (Wildman–Crippen MR) is 70.6 cm³/mol. The number of nitrogens with zero attached hydrogens (tertiary/aromatic N) is 1. The summed E-state index contributed by atoms with van der Waals surface area (Å²) >= 11 is 6.60. The molecule has 0 bridgehead atoms. The third-order valence-corrected chi connectivity index (χ3v) is 3.37. The Morgan fingerprint density at radius 3 is 2.83 bits per heavy atom. The van der Waals surface area contributed by atoms with Gasteiger partial charge in [0.25, 0.3) is 5.91 Å². The zero-order valence-corrected chi connectivity index (χ0v) is 10.9. The van der Waals surface area contributed by atoms with Crippen LogP contribution in [0.3, 0.4) is 0 Å².